The van der Waals surface area contributed by atoms with Crippen molar-refractivity contribution in [2.45, 2.75) is 26.2 Å². The van der Waals surface area contributed by atoms with Crippen molar-refractivity contribution in [2.24, 2.45) is 5.92 Å². The van der Waals surface area contributed by atoms with Crippen molar-refractivity contribution in [3.05, 3.63) is 64.5 Å². The molecule has 0 saturated carbocycles. The lowest BCUT2D eigenvalue weighted by molar-refractivity contribution is -0.383. The third-order valence-electron chi connectivity index (χ3n) is 5.58. The first kappa shape index (κ1) is 19.1. The van der Waals surface area contributed by atoms with Gasteiger partial charge in [0, 0.05) is 31.1 Å². The van der Waals surface area contributed by atoms with E-state index in [1.807, 2.05) is 13.0 Å². The Labute approximate surface area is 169 Å². The van der Waals surface area contributed by atoms with E-state index in [1.165, 1.54) is 5.56 Å². The Morgan fingerprint density at radius 3 is 2.62 bits per heavy atom. The molecule has 0 atom stereocenters. The molecule has 0 amide bonds. The highest BCUT2D eigenvalue weighted by atomic mass is 16.6. The third-order valence-corrected chi connectivity index (χ3v) is 5.58. The lowest BCUT2D eigenvalue weighted by atomic mass is 9.90. The normalized spacial score (nSPS) is 14.9. The van der Waals surface area contributed by atoms with Crippen LogP contribution < -0.4 is 10.2 Å². The topological polar surface area (TPSA) is 84.2 Å². The van der Waals surface area contributed by atoms with E-state index >= 15 is 0 Å². The number of anilines is 2. The van der Waals surface area contributed by atoms with Gasteiger partial charge in [0.1, 0.15) is 17.8 Å². The number of nitrogens with one attached hydrogen (secondary N) is 1. The molecule has 1 aromatic heterocycles. The van der Waals surface area contributed by atoms with Crippen LogP contribution in [-0.2, 0) is 6.42 Å². The van der Waals surface area contributed by atoms with Gasteiger partial charge in [0.15, 0.2) is 0 Å². The summed E-state index contributed by atoms with van der Waals surface area (Å²) in [6.45, 7) is 4.32. The number of nitro benzene ring substituents is 1. The number of benzene rings is 2. The molecule has 0 aliphatic carbocycles. The molecule has 1 aliphatic heterocycles. The van der Waals surface area contributed by atoms with Gasteiger partial charge in [0.05, 0.1) is 10.4 Å². The standard InChI is InChI=1S/C22H25N5O2/c1-2-23-20-14-19-18(13-21(20)27(28)29)22(25-15-24-19)26-10-8-17(9-11-26)12-16-6-4-3-5-7-16/h3-7,13-15,17,23H,2,8-12H2,1H3. The number of nitro groups is 1. The molecule has 3 aromatic rings. The van der Waals surface area contributed by atoms with E-state index in [0.29, 0.717) is 18.2 Å². The van der Waals surface area contributed by atoms with E-state index in [2.05, 4.69) is 44.5 Å². The molecule has 1 aliphatic rings. The quantitative estimate of drug-likeness (QED) is 0.494. The van der Waals surface area contributed by atoms with Crippen molar-refractivity contribution in [3.8, 4) is 0 Å². The highest BCUT2D eigenvalue weighted by Crippen LogP contribution is 2.34. The first-order chi connectivity index (χ1) is 14.2. The van der Waals surface area contributed by atoms with Gasteiger partial charge in [0.25, 0.3) is 5.69 Å². The Hall–Kier alpha value is -3.22. The molecule has 7 nitrogen and oxygen atoms in total. The summed E-state index contributed by atoms with van der Waals surface area (Å²) < 4.78 is 0. The van der Waals surface area contributed by atoms with Gasteiger partial charge in [-0.1, -0.05) is 30.3 Å². The van der Waals surface area contributed by atoms with Crippen LogP contribution in [0, 0.1) is 16.0 Å². The van der Waals surface area contributed by atoms with Gasteiger partial charge >= 0.3 is 0 Å². The number of hydrogen-bond donors (Lipinski definition) is 1. The minimum atomic E-state index is -0.347. The maximum absolute atomic E-state index is 11.6. The van der Waals surface area contributed by atoms with E-state index in [-0.39, 0.29) is 10.6 Å². The number of piperidine rings is 1. The summed E-state index contributed by atoms with van der Waals surface area (Å²) in [5.74, 6) is 1.44. The summed E-state index contributed by atoms with van der Waals surface area (Å²) in [5, 5.41) is 15.4. The fraction of sp³-hybridized carbons (Fsp3) is 0.364. The second kappa shape index (κ2) is 8.43. The smallest absolute Gasteiger partial charge is 0.293 e. The van der Waals surface area contributed by atoms with E-state index < -0.39 is 0 Å². The van der Waals surface area contributed by atoms with Gasteiger partial charge in [-0.05, 0) is 43.7 Å². The van der Waals surface area contributed by atoms with Crippen molar-refractivity contribution >= 4 is 28.1 Å². The summed E-state index contributed by atoms with van der Waals surface area (Å²) in [7, 11) is 0. The monoisotopic (exact) mass is 391 g/mol. The molecule has 1 fully saturated rings. The largest absolute Gasteiger partial charge is 0.380 e. The summed E-state index contributed by atoms with van der Waals surface area (Å²) in [6, 6.07) is 14.0. The predicted octanol–water partition coefficient (Wildman–Crippen LogP) is 4.43. The van der Waals surface area contributed by atoms with Crippen molar-refractivity contribution in [1.82, 2.24) is 9.97 Å². The number of nitrogens with zero attached hydrogens (tertiary/aromatic N) is 4. The molecular formula is C22H25N5O2. The third kappa shape index (κ3) is 4.13. The lowest BCUT2D eigenvalue weighted by Crippen LogP contribution is -2.35. The maximum atomic E-state index is 11.6. The minimum absolute atomic E-state index is 0.0642. The zero-order valence-corrected chi connectivity index (χ0v) is 16.5. The molecule has 4 rings (SSSR count). The number of fused-ring (bicyclic) bond motifs is 1. The summed E-state index contributed by atoms with van der Waals surface area (Å²) in [5.41, 5.74) is 2.67. The highest BCUT2D eigenvalue weighted by molar-refractivity contribution is 5.94. The first-order valence-corrected chi connectivity index (χ1v) is 10.1. The van der Waals surface area contributed by atoms with Crippen LogP contribution in [0.1, 0.15) is 25.3 Å². The van der Waals surface area contributed by atoms with E-state index in [1.54, 1.807) is 18.5 Å². The van der Waals surface area contributed by atoms with Gasteiger partial charge in [0.2, 0.25) is 0 Å². The van der Waals surface area contributed by atoms with Gasteiger partial charge in [-0.25, -0.2) is 9.97 Å². The van der Waals surface area contributed by atoms with Crippen molar-refractivity contribution in [2.75, 3.05) is 29.9 Å². The number of aromatic nitrogens is 2. The van der Waals surface area contributed by atoms with Crippen LogP contribution in [0.15, 0.2) is 48.8 Å². The maximum Gasteiger partial charge on any atom is 0.293 e. The fourth-order valence-electron chi connectivity index (χ4n) is 4.11. The Bertz CT molecular complexity index is 1000. The summed E-state index contributed by atoms with van der Waals surface area (Å²) in [4.78, 5) is 22.3. The molecule has 29 heavy (non-hydrogen) atoms. The van der Waals surface area contributed by atoms with E-state index in [9.17, 15) is 10.1 Å². The second-order valence-corrected chi connectivity index (χ2v) is 7.49. The Morgan fingerprint density at radius 2 is 1.93 bits per heavy atom. The van der Waals surface area contributed by atoms with E-state index in [4.69, 9.17) is 0 Å². The average Bonchev–Trinajstić information content (AvgIpc) is 2.74. The molecule has 150 valence electrons. The molecule has 0 spiro atoms. The van der Waals surface area contributed by atoms with Crippen LogP contribution in [0.2, 0.25) is 0 Å². The second-order valence-electron chi connectivity index (χ2n) is 7.49. The molecule has 2 heterocycles. The van der Waals surface area contributed by atoms with Crippen LogP contribution >= 0.6 is 0 Å². The molecule has 0 bridgehead atoms. The Kier molecular flexibility index (Phi) is 5.55. The predicted molar refractivity (Wildman–Crippen MR) is 115 cm³/mol. The zero-order valence-electron chi connectivity index (χ0n) is 16.5. The molecule has 0 unspecified atom stereocenters. The summed E-state index contributed by atoms with van der Waals surface area (Å²) in [6.07, 6.45) is 4.81. The van der Waals surface area contributed by atoms with Crippen LogP contribution in [0.4, 0.5) is 17.2 Å². The Balaban J connectivity index is 1.56. The van der Waals surface area contributed by atoms with Crippen LogP contribution in [0.5, 0.6) is 0 Å². The van der Waals surface area contributed by atoms with Crippen molar-refractivity contribution in [3.63, 3.8) is 0 Å². The molecular weight excluding hydrogens is 366 g/mol. The Morgan fingerprint density at radius 1 is 1.17 bits per heavy atom. The lowest BCUT2D eigenvalue weighted by Gasteiger charge is -2.33. The molecule has 2 aromatic carbocycles. The summed E-state index contributed by atoms with van der Waals surface area (Å²) >= 11 is 0. The first-order valence-electron chi connectivity index (χ1n) is 10.1. The van der Waals surface area contributed by atoms with Crippen LogP contribution in [0.25, 0.3) is 10.9 Å². The highest BCUT2D eigenvalue weighted by Gasteiger charge is 2.24. The zero-order chi connectivity index (χ0) is 20.2. The van der Waals surface area contributed by atoms with Gasteiger partial charge in [-0.2, -0.15) is 0 Å². The van der Waals surface area contributed by atoms with E-state index in [0.717, 1.165) is 49.1 Å². The van der Waals surface area contributed by atoms with Gasteiger partial charge < -0.3 is 10.2 Å². The SMILES string of the molecule is CCNc1cc2ncnc(N3CCC(Cc4ccccc4)CC3)c2cc1[N+](=O)[O-]. The van der Waals surface area contributed by atoms with Crippen LogP contribution in [0.3, 0.4) is 0 Å². The number of hydrogen-bond acceptors (Lipinski definition) is 6. The van der Waals surface area contributed by atoms with Crippen LogP contribution in [-0.4, -0.2) is 34.5 Å². The minimum Gasteiger partial charge on any atom is -0.380 e. The van der Waals surface area contributed by atoms with Gasteiger partial charge in [-0.3, -0.25) is 10.1 Å². The molecule has 1 N–H and O–H groups in total. The fourth-order valence-corrected chi connectivity index (χ4v) is 4.11. The molecule has 1 saturated heterocycles. The molecule has 0 radical (unpaired) electrons. The van der Waals surface area contributed by atoms with Crippen molar-refractivity contribution < 1.29 is 4.92 Å². The average molecular weight is 391 g/mol. The van der Waals surface area contributed by atoms with Crippen molar-refractivity contribution in [1.29, 1.82) is 0 Å². The molecule has 7 heteroatoms. The number of rotatable bonds is 6. The van der Waals surface area contributed by atoms with Gasteiger partial charge in [-0.15, -0.1) is 0 Å².